The maximum atomic E-state index is 12.7. The van der Waals surface area contributed by atoms with E-state index in [9.17, 15) is 4.79 Å². The van der Waals surface area contributed by atoms with Crippen molar-refractivity contribution in [2.45, 2.75) is 26.5 Å². The Kier molecular flexibility index (Phi) is 4.02. The molecule has 3 rings (SSSR count). The minimum Gasteiger partial charge on any atom is -0.378 e. The number of benzene rings is 1. The topological polar surface area (TPSA) is 42.4 Å². The second-order valence-corrected chi connectivity index (χ2v) is 7.24. The number of methoxy groups -OCH3 is 1. The van der Waals surface area contributed by atoms with Crippen molar-refractivity contribution in [3.63, 3.8) is 0 Å². The van der Waals surface area contributed by atoms with Crippen LogP contribution in [0.4, 0.5) is 0 Å². The number of thiazole rings is 1. The van der Waals surface area contributed by atoms with Crippen molar-refractivity contribution in [2.75, 3.05) is 13.7 Å². The Labute approximate surface area is 134 Å². The van der Waals surface area contributed by atoms with E-state index in [2.05, 4.69) is 31.0 Å². The summed E-state index contributed by atoms with van der Waals surface area (Å²) in [5, 5.41) is 2.66. The van der Waals surface area contributed by atoms with Gasteiger partial charge < -0.3 is 9.64 Å². The Morgan fingerprint density at radius 2 is 2.14 bits per heavy atom. The number of rotatable bonds is 4. The van der Waals surface area contributed by atoms with Crippen molar-refractivity contribution >= 4 is 17.2 Å². The standard InChI is InChI=1S/C17H20N2O2S/c1-17(2)11-19(15(17)12-7-5-4-6-8-12)16(20)13-10-22-14(18-13)9-21-3/h4-8,10,15H,9,11H2,1-3H3/t15-/m1/s1. The average molecular weight is 316 g/mol. The van der Waals surface area contributed by atoms with Gasteiger partial charge in [0, 0.05) is 24.4 Å². The van der Waals surface area contributed by atoms with Crippen LogP contribution in [0.5, 0.6) is 0 Å². The molecule has 0 N–H and O–H groups in total. The van der Waals surface area contributed by atoms with E-state index in [1.54, 1.807) is 7.11 Å². The molecule has 0 aliphatic carbocycles. The summed E-state index contributed by atoms with van der Waals surface area (Å²) < 4.78 is 5.07. The number of carbonyl (C=O) groups is 1. The quantitative estimate of drug-likeness (QED) is 0.867. The Bertz CT molecular complexity index is 666. The Balaban J connectivity index is 1.83. The van der Waals surface area contributed by atoms with Gasteiger partial charge in [0.2, 0.25) is 0 Å². The number of nitrogens with zero attached hydrogens (tertiary/aromatic N) is 2. The SMILES string of the molecule is COCc1nc(C(=O)N2CC(C)(C)[C@H]2c2ccccc2)cs1. The molecule has 2 heterocycles. The van der Waals surface area contributed by atoms with Crippen molar-refractivity contribution in [2.24, 2.45) is 5.41 Å². The van der Waals surface area contributed by atoms with Gasteiger partial charge >= 0.3 is 0 Å². The highest BCUT2D eigenvalue weighted by Crippen LogP contribution is 2.48. The third kappa shape index (κ3) is 2.66. The molecule has 1 atom stereocenters. The van der Waals surface area contributed by atoms with Crippen LogP contribution in [0.15, 0.2) is 35.7 Å². The first-order valence-electron chi connectivity index (χ1n) is 7.32. The highest BCUT2D eigenvalue weighted by Gasteiger charge is 2.49. The number of amides is 1. The molecule has 0 bridgehead atoms. The second kappa shape index (κ2) is 5.82. The zero-order valence-electron chi connectivity index (χ0n) is 13.1. The number of hydrogen-bond acceptors (Lipinski definition) is 4. The molecule has 116 valence electrons. The van der Waals surface area contributed by atoms with E-state index in [4.69, 9.17) is 4.74 Å². The number of likely N-dealkylation sites (tertiary alicyclic amines) is 1. The van der Waals surface area contributed by atoms with Crippen LogP contribution in [0.3, 0.4) is 0 Å². The Morgan fingerprint density at radius 1 is 1.41 bits per heavy atom. The average Bonchev–Trinajstić information content (AvgIpc) is 2.94. The minimum atomic E-state index is 0.00628. The monoisotopic (exact) mass is 316 g/mol. The molecule has 1 saturated heterocycles. The van der Waals surface area contributed by atoms with Crippen molar-refractivity contribution in [3.8, 4) is 0 Å². The van der Waals surface area contributed by atoms with E-state index in [-0.39, 0.29) is 17.4 Å². The van der Waals surface area contributed by atoms with Gasteiger partial charge in [-0.3, -0.25) is 4.79 Å². The summed E-state index contributed by atoms with van der Waals surface area (Å²) >= 11 is 1.47. The molecular formula is C17H20N2O2S. The molecule has 0 spiro atoms. The molecule has 0 saturated carbocycles. The lowest BCUT2D eigenvalue weighted by molar-refractivity contribution is -0.0326. The Hall–Kier alpha value is -1.72. The lowest BCUT2D eigenvalue weighted by Gasteiger charge is -2.54. The molecule has 0 radical (unpaired) electrons. The summed E-state index contributed by atoms with van der Waals surface area (Å²) in [7, 11) is 1.63. The summed E-state index contributed by atoms with van der Waals surface area (Å²) in [5.41, 5.74) is 1.79. The predicted octanol–water partition coefficient (Wildman–Crippen LogP) is 3.51. The van der Waals surface area contributed by atoms with Gasteiger partial charge in [-0.25, -0.2) is 4.98 Å². The lowest BCUT2D eigenvalue weighted by atomic mass is 9.71. The molecule has 1 aliphatic heterocycles. The first-order valence-corrected chi connectivity index (χ1v) is 8.20. The van der Waals surface area contributed by atoms with Crippen LogP contribution in [-0.4, -0.2) is 29.4 Å². The fourth-order valence-corrected chi connectivity index (χ4v) is 3.87. The van der Waals surface area contributed by atoms with Crippen LogP contribution in [0.1, 0.15) is 40.9 Å². The van der Waals surface area contributed by atoms with Crippen LogP contribution >= 0.6 is 11.3 Å². The van der Waals surface area contributed by atoms with Gasteiger partial charge in [-0.1, -0.05) is 44.2 Å². The predicted molar refractivity (Wildman–Crippen MR) is 86.8 cm³/mol. The van der Waals surface area contributed by atoms with Gasteiger partial charge in [-0.05, 0) is 5.56 Å². The smallest absolute Gasteiger partial charge is 0.273 e. The number of carbonyl (C=O) groups excluding carboxylic acids is 1. The van der Waals surface area contributed by atoms with E-state index in [1.807, 2.05) is 28.5 Å². The first kappa shape index (κ1) is 15.2. The molecule has 4 nitrogen and oxygen atoms in total. The van der Waals surface area contributed by atoms with Crippen LogP contribution < -0.4 is 0 Å². The maximum Gasteiger partial charge on any atom is 0.273 e. The van der Waals surface area contributed by atoms with Gasteiger partial charge in [0.1, 0.15) is 10.7 Å². The Morgan fingerprint density at radius 3 is 2.77 bits per heavy atom. The zero-order chi connectivity index (χ0) is 15.7. The van der Waals surface area contributed by atoms with Crippen molar-refractivity contribution in [3.05, 3.63) is 52.0 Å². The van der Waals surface area contributed by atoms with Gasteiger partial charge in [0.15, 0.2) is 0 Å². The summed E-state index contributed by atoms with van der Waals surface area (Å²) in [4.78, 5) is 19.0. The van der Waals surface area contributed by atoms with Crippen LogP contribution in [0.2, 0.25) is 0 Å². The number of aromatic nitrogens is 1. The van der Waals surface area contributed by atoms with Crippen molar-refractivity contribution in [1.82, 2.24) is 9.88 Å². The maximum absolute atomic E-state index is 12.7. The van der Waals surface area contributed by atoms with E-state index in [1.165, 1.54) is 16.9 Å². The summed E-state index contributed by atoms with van der Waals surface area (Å²) in [6.45, 7) is 5.60. The summed E-state index contributed by atoms with van der Waals surface area (Å²) in [6.07, 6.45) is 0. The molecule has 5 heteroatoms. The van der Waals surface area contributed by atoms with E-state index < -0.39 is 0 Å². The summed E-state index contributed by atoms with van der Waals surface area (Å²) in [6, 6.07) is 10.3. The van der Waals surface area contributed by atoms with Crippen LogP contribution in [0.25, 0.3) is 0 Å². The molecule has 1 fully saturated rings. The molecule has 1 aromatic heterocycles. The highest BCUT2D eigenvalue weighted by atomic mass is 32.1. The van der Waals surface area contributed by atoms with Crippen molar-refractivity contribution in [1.29, 1.82) is 0 Å². The van der Waals surface area contributed by atoms with E-state index in [0.717, 1.165) is 11.6 Å². The third-order valence-electron chi connectivity index (χ3n) is 4.04. The van der Waals surface area contributed by atoms with E-state index >= 15 is 0 Å². The minimum absolute atomic E-state index is 0.00628. The number of hydrogen-bond donors (Lipinski definition) is 0. The van der Waals surface area contributed by atoms with E-state index in [0.29, 0.717) is 12.3 Å². The van der Waals surface area contributed by atoms with Gasteiger partial charge in [0.25, 0.3) is 5.91 Å². The molecule has 22 heavy (non-hydrogen) atoms. The lowest BCUT2D eigenvalue weighted by Crippen LogP contribution is -2.57. The van der Waals surface area contributed by atoms with Gasteiger partial charge in [-0.2, -0.15) is 0 Å². The van der Waals surface area contributed by atoms with Gasteiger partial charge in [0.05, 0.1) is 12.6 Å². The molecule has 1 aromatic carbocycles. The van der Waals surface area contributed by atoms with Crippen LogP contribution in [-0.2, 0) is 11.3 Å². The first-order chi connectivity index (χ1) is 10.5. The molecule has 2 aromatic rings. The molecule has 1 amide bonds. The van der Waals surface area contributed by atoms with Crippen LogP contribution in [0, 0.1) is 5.41 Å². The zero-order valence-corrected chi connectivity index (χ0v) is 13.9. The highest BCUT2D eigenvalue weighted by molar-refractivity contribution is 7.09. The fourth-order valence-electron chi connectivity index (χ4n) is 3.13. The fraction of sp³-hybridized carbons (Fsp3) is 0.412. The van der Waals surface area contributed by atoms with Gasteiger partial charge in [-0.15, -0.1) is 11.3 Å². The molecule has 0 unspecified atom stereocenters. The summed E-state index contributed by atoms with van der Waals surface area (Å²) in [5.74, 6) is 0.00628. The second-order valence-electron chi connectivity index (χ2n) is 6.29. The largest absolute Gasteiger partial charge is 0.378 e. The number of ether oxygens (including phenoxy) is 1. The normalized spacial score (nSPS) is 19.8. The van der Waals surface area contributed by atoms with Crippen molar-refractivity contribution < 1.29 is 9.53 Å². The molecule has 1 aliphatic rings. The molecular weight excluding hydrogens is 296 g/mol. The third-order valence-corrected chi connectivity index (χ3v) is 4.87.